The Bertz CT molecular complexity index is 784. The first kappa shape index (κ1) is 22.1. The van der Waals surface area contributed by atoms with E-state index in [1.54, 1.807) is 24.3 Å². The summed E-state index contributed by atoms with van der Waals surface area (Å²) in [6.07, 6.45) is 0.136. The highest BCUT2D eigenvalue weighted by molar-refractivity contribution is 6.21. The van der Waals surface area contributed by atoms with Crippen LogP contribution >= 0.6 is 0 Å². The Morgan fingerprint density at radius 3 is 2.17 bits per heavy atom. The van der Waals surface area contributed by atoms with Gasteiger partial charge in [0.2, 0.25) is 0 Å². The molecule has 0 saturated heterocycles. The second-order valence-electron chi connectivity index (χ2n) is 6.99. The topological polar surface area (TPSA) is 119 Å². The van der Waals surface area contributed by atoms with Gasteiger partial charge in [-0.1, -0.05) is 26.0 Å². The smallest absolute Gasteiger partial charge is 0.328 e. The van der Waals surface area contributed by atoms with Crippen molar-refractivity contribution < 1.29 is 33.4 Å². The number of rotatable bonds is 9. The first-order valence-electron chi connectivity index (χ1n) is 9.22. The highest BCUT2D eigenvalue weighted by Gasteiger charge is 2.35. The number of hydrogen-bond donors (Lipinski definition) is 1. The summed E-state index contributed by atoms with van der Waals surface area (Å²) >= 11 is 0. The molecule has 9 heteroatoms. The molecule has 1 heterocycles. The van der Waals surface area contributed by atoms with Crippen LogP contribution in [0, 0.1) is 5.92 Å². The molecule has 0 bridgehead atoms. The summed E-state index contributed by atoms with van der Waals surface area (Å²) in [4.78, 5) is 61.0. The third kappa shape index (κ3) is 5.63. The predicted octanol–water partition coefficient (Wildman–Crippen LogP) is 0.920. The van der Waals surface area contributed by atoms with Crippen molar-refractivity contribution in [3.8, 4) is 0 Å². The number of carbonyl (C=O) groups excluding carboxylic acids is 5. The Balaban J connectivity index is 1.80. The van der Waals surface area contributed by atoms with E-state index in [1.807, 2.05) is 13.8 Å². The third-order valence-corrected chi connectivity index (χ3v) is 4.31. The molecule has 1 aliphatic rings. The second-order valence-corrected chi connectivity index (χ2v) is 6.99. The van der Waals surface area contributed by atoms with Gasteiger partial charge in [0, 0.05) is 6.54 Å². The Morgan fingerprint density at radius 1 is 1.07 bits per heavy atom. The fourth-order valence-electron chi connectivity index (χ4n) is 2.93. The number of imide groups is 1. The van der Waals surface area contributed by atoms with Gasteiger partial charge in [0.05, 0.1) is 24.7 Å². The summed E-state index contributed by atoms with van der Waals surface area (Å²) in [5.74, 6) is -2.76. The van der Waals surface area contributed by atoms with E-state index < -0.39 is 42.3 Å². The monoisotopic (exact) mass is 404 g/mol. The zero-order chi connectivity index (χ0) is 21.6. The minimum absolute atomic E-state index is 0.140. The summed E-state index contributed by atoms with van der Waals surface area (Å²) < 4.78 is 9.53. The van der Waals surface area contributed by atoms with Crippen LogP contribution in [0.25, 0.3) is 0 Å². The molecular weight excluding hydrogens is 380 g/mol. The fraction of sp³-hybridized carbons (Fsp3) is 0.450. The van der Waals surface area contributed by atoms with E-state index in [0.717, 1.165) is 4.90 Å². The molecule has 0 spiro atoms. The quantitative estimate of drug-likeness (QED) is 0.480. The summed E-state index contributed by atoms with van der Waals surface area (Å²) in [5, 5.41) is 2.47. The van der Waals surface area contributed by atoms with Gasteiger partial charge in [-0.25, -0.2) is 4.79 Å². The lowest BCUT2D eigenvalue weighted by molar-refractivity contribution is -0.150. The van der Waals surface area contributed by atoms with Crippen LogP contribution < -0.4 is 5.32 Å². The normalized spacial score (nSPS) is 13.9. The van der Waals surface area contributed by atoms with E-state index in [9.17, 15) is 24.0 Å². The highest BCUT2D eigenvalue weighted by Crippen LogP contribution is 2.22. The molecule has 0 unspecified atom stereocenters. The van der Waals surface area contributed by atoms with Crippen LogP contribution in [0.3, 0.4) is 0 Å². The zero-order valence-electron chi connectivity index (χ0n) is 16.6. The van der Waals surface area contributed by atoms with Gasteiger partial charge in [0.25, 0.3) is 17.7 Å². The van der Waals surface area contributed by atoms with Crippen LogP contribution in [-0.2, 0) is 23.9 Å². The molecule has 3 amide bonds. The van der Waals surface area contributed by atoms with Crippen molar-refractivity contribution in [2.45, 2.75) is 32.7 Å². The Labute approximate surface area is 168 Å². The molecule has 0 aromatic heterocycles. The Hall–Kier alpha value is -3.23. The van der Waals surface area contributed by atoms with Gasteiger partial charge in [-0.3, -0.25) is 24.1 Å². The van der Waals surface area contributed by atoms with E-state index >= 15 is 0 Å². The average Bonchev–Trinajstić information content (AvgIpc) is 2.93. The van der Waals surface area contributed by atoms with E-state index in [1.165, 1.54) is 7.11 Å². The summed E-state index contributed by atoms with van der Waals surface area (Å²) in [5.41, 5.74) is 0.591. The zero-order valence-corrected chi connectivity index (χ0v) is 16.6. The van der Waals surface area contributed by atoms with Gasteiger partial charge in [-0.05, 0) is 24.5 Å². The van der Waals surface area contributed by atoms with Gasteiger partial charge in [0.1, 0.15) is 6.04 Å². The van der Waals surface area contributed by atoms with Crippen molar-refractivity contribution in [1.29, 1.82) is 0 Å². The number of fused-ring (bicyclic) bond motifs is 1. The van der Waals surface area contributed by atoms with Gasteiger partial charge in [-0.15, -0.1) is 0 Å². The van der Waals surface area contributed by atoms with E-state index in [2.05, 4.69) is 10.1 Å². The molecule has 0 fully saturated rings. The number of esters is 2. The molecule has 9 nitrogen and oxygen atoms in total. The first-order valence-corrected chi connectivity index (χ1v) is 9.22. The van der Waals surface area contributed by atoms with Gasteiger partial charge in [-0.2, -0.15) is 0 Å². The van der Waals surface area contributed by atoms with Crippen LogP contribution in [0.4, 0.5) is 0 Å². The Morgan fingerprint density at radius 2 is 1.66 bits per heavy atom. The van der Waals surface area contributed by atoms with Crippen molar-refractivity contribution in [1.82, 2.24) is 10.2 Å². The molecule has 0 radical (unpaired) electrons. The van der Waals surface area contributed by atoms with Crippen LogP contribution in [0.2, 0.25) is 0 Å². The summed E-state index contributed by atoms with van der Waals surface area (Å²) in [7, 11) is 1.22. The van der Waals surface area contributed by atoms with Gasteiger partial charge < -0.3 is 14.8 Å². The van der Waals surface area contributed by atoms with Gasteiger partial charge in [0.15, 0.2) is 6.61 Å². The molecule has 0 saturated carbocycles. The molecule has 1 atom stereocenters. The van der Waals surface area contributed by atoms with Crippen LogP contribution in [0.5, 0.6) is 0 Å². The van der Waals surface area contributed by atoms with E-state index in [4.69, 9.17) is 4.74 Å². The second kappa shape index (κ2) is 9.81. The molecule has 1 aromatic rings. The number of nitrogens with zero attached hydrogens (tertiary/aromatic N) is 1. The van der Waals surface area contributed by atoms with Crippen LogP contribution in [-0.4, -0.2) is 60.9 Å². The number of hydrogen-bond acceptors (Lipinski definition) is 7. The van der Waals surface area contributed by atoms with Crippen molar-refractivity contribution in [3.05, 3.63) is 35.4 Å². The SMILES string of the molecule is COC(=O)[C@@H](CC(C)C)NC(=O)COC(=O)CCN1C(=O)c2ccccc2C1=O. The molecule has 1 aromatic carbocycles. The molecule has 2 rings (SSSR count). The van der Waals surface area contributed by atoms with E-state index in [-0.39, 0.29) is 18.9 Å². The molecule has 1 N–H and O–H groups in total. The third-order valence-electron chi connectivity index (χ3n) is 4.31. The summed E-state index contributed by atoms with van der Waals surface area (Å²) in [6, 6.07) is 5.58. The minimum atomic E-state index is -0.829. The highest BCUT2D eigenvalue weighted by atomic mass is 16.5. The summed E-state index contributed by atoms with van der Waals surface area (Å²) in [6.45, 7) is 3.06. The number of benzene rings is 1. The first-order chi connectivity index (χ1) is 13.7. The average molecular weight is 404 g/mol. The lowest BCUT2D eigenvalue weighted by atomic mass is 10.0. The Kier molecular flexibility index (Phi) is 7.46. The fourth-order valence-corrected chi connectivity index (χ4v) is 2.93. The largest absolute Gasteiger partial charge is 0.467 e. The van der Waals surface area contributed by atoms with Crippen LogP contribution in [0.15, 0.2) is 24.3 Å². The number of amides is 3. The number of nitrogens with one attached hydrogen (secondary N) is 1. The molecule has 1 aliphatic heterocycles. The predicted molar refractivity (Wildman–Crippen MR) is 101 cm³/mol. The maximum atomic E-state index is 12.2. The minimum Gasteiger partial charge on any atom is -0.467 e. The number of ether oxygens (including phenoxy) is 2. The molecule has 0 aliphatic carbocycles. The van der Waals surface area contributed by atoms with Crippen molar-refractivity contribution >= 4 is 29.7 Å². The van der Waals surface area contributed by atoms with Crippen molar-refractivity contribution in [2.24, 2.45) is 5.92 Å². The number of carbonyl (C=O) groups is 5. The number of methoxy groups -OCH3 is 1. The molecular formula is C20H24N2O7. The lowest BCUT2D eigenvalue weighted by Crippen LogP contribution is -2.44. The van der Waals surface area contributed by atoms with Crippen LogP contribution in [0.1, 0.15) is 47.4 Å². The lowest BCUT2D eigenvalue weighted by Gasteiger charge is -2.18. The van der Waals surface area contributed by atoms with Crippen molar-refractivity contribution in [2.75, 3.05) is 20.3 Å². The molecule has 156 valence electrons. The maximum absolute atomic E-state index is 12.2. The van der Waals surface area contributed by atoms with E-state index in [0.29, 0.717) is 17.5 Å². The standard InChI is InChI=1S/C20H24N2O7/c1-12(2)10-15(20(27)28-3)21-16(23)11-29-17(24)8-9-22-18(25)13-6-4-5-7-14(13)19(22)26/h4-7,12,15H,8-11H2,1-3H3,(H,21,23)/t15-/m1/s1. The molecule has 29 heavy (non-hydrogen) atoms. The van der Waals surface area contributed by atoms with Gasteiger partial charge >= 0.3 is 11.9 Å². The van der Waals surface area contributed by atoms with Crippen molar-refractivity contribution in [3.63, 3.8) is 0 Å². The maximum Gasteiger partial charge on any atom is 0.328 e.